The van der Waals surface area contributed by atoms with E-state index in [1.807, 2.05) is 0 Å². The van der Waals surface area contributed by atoms with E-state index in [1.54, 1.807) is 42.5 Å². The van der Waals surface area contributed by atoms with Crippen LogP contribution in [0.25, 0.3) is 0 Å². The summed E-state index contributed by atoms with van der Waals surface area (Å²) in [6.07, 6.45) is -0.458. The second-order valence-corrected chi connectivity index (χ2v) is 5.36. The van der Waals surface area contributed by atoms with Crippen molar-refractivity contribution in [1.82, 2.24) is 0 Å². The molecule has 0 aliphatic rings. The van der Waals surface area contributed by atoms with Crippen molar-refractivity contribution < 1.29 is 14.6 Å². The van der Waals surface area contributed by atoms with E-state index < -0.39 is 12.1 Å². The lowest BCUT2D eigenvalue weighted by Crippen LogP contribution is -2.05. The molecule has 0 bridgehead atoms. The quantitative estimate of drug-likeness (QED) is 0.863. The highest BCUT2D eigenvalue weighted by atomic mass is 35.5. The van der Waals surface area contributed by atoms with E-state index in [0.29, 0.717) is 27.6 Å². The molecule has 1 unspecified atom stereocenters. The summed E-state index contributed by atoms with van der Waals surface area (Å²) in [6.45, 7) is 0. The van der Waals surface area contributed by atoms with Gasteiger partial charge >= 0.3 is 5.97 Å². The van der Waals surface area contributed by atoms with Gasteiger partial charge in [0.05, 0.1) is 18.8 Å². The molecule has 0 heterocycles. The van der Waals surface area contributed by atoms with Crippen molar-refractivity contribution in [1.29, 1.82) is 0 Å². The number of ether oxygens (including phenoxy) is 1. The van der Waals surface area contributed by atoms with Crippen molar-refractivity contribution in [2.45, 2.75) is 12.5 Å². The molecule has 1 N–H and O–H groups in total. The Kier molecular flexibility index (Phi) is 5.23. The first-order chi connectivity index (χ1) is 10.0. The fourth-order valence-electron chi connectivity index (χ4n) is 2.05. The van der Waals surface area contributed by atoms with Gasteiger partial charge in [-0.05, 0) is 29.8 Å². The Bertz CT molecular complexity index is 618. The second-order valence-electron chi connectivity index (χ2n) is 4.54. The number of aliphatic hydroxyl groups excluding tert-OH is 1. The van der Waals surface area contributed by atoms with Gasteiger partial charge in [-0.2, -0.15) is 0 Å². The Morgan fingerprint density at radius 3 is 2.24 bits per heavy atom. The number of methoxy groups -OCH3 is 1. The molecule has 0 saturated heterocycles. The topological polar surface area (TPSA) is 46.5 Å². The van der Waals surface area contributed by atoms with Gasteiger partial charge in [-0.3, -0.25) is 0 Å². The number of benzene rings is 2. The molecule has 0 spiro atoms. The second kappa shape index (κ2) is 6.94. The average Bonchev–Trinajstić information content (AvgIpc) is 2.47. The Balaban J connectivity index is 2.16. The third kappa shape index (κ3) is 3.76. The van der Waals surface area contributed by atoms with E-state index in [4.69, 9.17) is 23.2 Å². The van der Waals surface area contributed by atoms with Crippen LogP contribution in [0.3, 0.4) is 0 Å². The summed E-state index contributed by atoms with van der Waals surface area (Å²) in [5.74, 6) is -0.392. The van der Waals surface area contributed by atoms with Gasteiger partial charge in [0, 0.05) is 22.0 Å². The van der Waals surface area contributed by atoms with E-state index in [2.05, 4.69) is 4.74 Å². The number of carbonyl (C=O) groups excluding carboxylic acids is 1. The lowest BCUT2D eigenvalue weighted by atomic mass is 10.0. The third-order valence-electron chi connectivity index (χ3n) is 3.14. The van der Waals surface area contributed by atoms with Gasteiger partial charge < -0.3 is 9.84 Å². The molecule has 1 atom stereocenters. The largest absolute Gasteiger partial charge is 0.465 e. The highest BCUT2D eigenvalue weighted by Gasteiger charge is 2.16. The Hall–Kier alpha value is -1.55. The summed E-state index contributed by atoms with van der Waals surface area (Å²) in [5, 5.41) is 11.2. The van der Waals surface area contributed by atoms with Crippen LogP contribution in [-0.4, -0.2) is 18.2 Å². The van der Waals surface area contributed by atoms with E-state index in [1.165, 1.54) is 7.11 Å². The normalized spacial score (nSPS) is 12.0. The predicted molar refractivity (Wildman–Crippen MR) is 82.9 cm³/mol. The molecule has 0 aliphatic heterocycles. The van der Waals surface area contributed by atoms with Gasteiger partial charge in [-0.1, -0.05) is 41.4 Å². The average molecular weight is 325 g/mol. The molecule has 21 heavy (non-hydrogen) atoms. The maximum absolute atomic E-state index is 11.4. The minimum atomic E-state index is -0.810. The number of carbonyl (C=O) groups is 1. The summed E-state index contributed by atoms with van der Waals surface area (Å²) < 4.78 is 4.63. The SMILES string of the molecule is COC(=O)c1ccc(CC(O)c2c(Cl)cccc2Cl)cc1. The zero-order valence-electron chi connectivity index (χ0n) is 11.3. The molecule has 3 nitrogen and oxygen atoms in total. The number of hydrogen-bond donors (Lipinski definition) is 1. The van der Waals surface area contributed by atoms with Crippen LogP contribution in [0, 0.1) is 0 Å². The first-order valence-corrected chi connectivity index (χ1v) is 7.07. The summed E-state index contributed by atoms with van der Waals surface area (Å²) in [6, 6.07) is 11.9. The van der Waals surface area contributed by atoms with Crippen molar-refractivity contribution in [3.8, 4) is 0 Å². The zero-order valence-corrected chi connectivity index (χ0v) is 12.9. The van der Waals surface area contributed by atoms with Crippen molar-refractivity contribution in [2.24, 2.45) is 0 Å². The first kappa shape index (κ1) is 15.8. The molecule has 0 amide bonds. The predicted octanol–water partition coefficient (Wildman–Crippen LogP) is 4.06. The lowest BCUT2D eigenvalue weighted by molar-refractivity contribution is 0.0600. The van der Waals surface area contributed by atoms with Crippen LogP contribution in [0.15, 0.2) is 42.5 Å². The molecule has 2 aromatic carbocycles. The van der Waals surface area contributed by atoms with Gasteiger partial charge in [0.15, 0.2) is 0 Å². The molecular formula is C16H14Cl2O3. The summed E-state index contributed by atoms with van der Waals surface area (Å²) in [7, 11) is 1.33. The number of hydrogen-bond acceptors (Lipinski definition) is 3. The van der Waals surface area contributed by atoms with Crippen molar-refractivity contribution >= 4 is 29.2 Å². The van der Waals surface area contributed by atoms with E-state index in [-0.39, 0.29) is 0 Å². The van der Waals surface area contributed by atoms with Crippen molar-refractivity contribution in [2.75, 3.05) is 7.11 Å². The minimum absolute atomic E-state index is 0.352. The minimum Gasteiger partial charge on any atom is -0.465 e. The van der Waals surface area contributed by atoms with Crippen LogP contribution in [0.5, 0.6) is 0 Å². The van der Waals surface area contributed by atoms with Crippen LogP contribution in [0.4, 0.5) is 0 Å². The van der Waals surface area contributed by atoms with Crippen LogP contribution >= 0.6 is 23.2 Å². The molecule has 0 aromatic heterocycles. The summed E-state index contributed by atoms with van der Waals surface area (Å²) in [5.41, 5.74) is 1.84. The molecule has 2 rings (SSSR count). The fourth-order valence-corrected chi connectivity index (χ4v) is 2.70. The molecule has 0 radical (unpaired) electrons. The van der Waals surface area contributed by atoms with Crippen LogP contribution < -0.4 is 0 Å². The molecule has 0 aliphatic carbocycles. The highest BCUT2D eigenvalue weighted by Crippen LogP contribution is 2.32. The van der Waals surface area contributed by atoms with E-state index in [9.17, 15) is 9.90 Å². The van der Waals surface area contributed by atoms with Gasteiger partial charge in [-0.25, -0.2) is 4.79 Å². The summed E-state index contributed by atoms with van der Waals surface area (Å²) >= 11 is 12.1. The fraction of sp³-hybridized carbons (Fsp3) is 0.188. The molecule has 2 aromatic rings. The monoisotopic (exact) mass is 324 g/mol. The van der Waals surface area contributed by atoms with Crippen molar-refractivity contribution in [3.05, 3.63) is 69.2 Å². The Morgan fingerprint density at radius 2 is 1.71 bits per heavy atom. The number of aliphatic hydroxyl groups is 1. The number of rotatable bonds is 4. The Morgan fingerprint density at radius 1 is 1.14 bits per heavy atom. The number of esters is 1. The highest BCUT2D eigenvalue weighted by molar-refractivity contribution is 6.36. The molecule has 0 fully saturated rings. The zero-order chi connectivity index (χ0) is 15.4. The smallest absolute Gasteiger partial charge is 0.337 e. The Labute approximate surface area is 133 Å². The van der Waals surface area contributed by atoms with Gasteiger partial charge in [0.1, 0.15) is 0 Å². The third-order valence-corrected chi connectivity index (χ3v) is 3.80. The standard InChI is InChI=1S/C16H14Cl2O3/c1-21-16(20)11-7-5-10(6-8-11)9-14(19)15-12(17)3-2-4-13(15)18/h2-8,14,19H,9H2,1H3. The van der Waals surface area contributed by atoms with Crippen molar-refractivity contribution in [3.63, 3.8) is 0 Å². The van der Waals surface area contributed by atoms with Crippen LogP contribution in [0.1, 0.15) is 27.6 Å². The molecular weight excluding hydrogens is 311 g/mol. The lowest BCUT2D eigenvalue weighted by Gasteiger charge is -2.14. The maximum atomic E-state index is 11.4. The summed E-state index contributed by atoms with van der Waals surface area (Å²) in [4.78, 5) is 11.4. The first-order valence-electron chi connectivity index (χ1n) is 6.32. The van der Waals surface area contributed by atoms with Crippen LogP contribution in [0.2, 0.25) is 10.0 Å². The van der Waals surface area contributed by atoms with Gasteiger partial charge in [0.25, 0.3) is 0 Å². The molecule has 110 valence electrons. The van der Waals surface area contributed by atoms with Gasteiger partial charge in [-0.15, -0.1) is 0 Å². The van der Waals surface area contributed by atoms with Crippen LogP contribution in [-0.2, 0) is 11.2 Å². The molecule has 0 saturated carbocycles. The van der Waals surface area contributed by atoms with E-state index >= 15 is 0 Å². The molecule has 5 heteroatoms. The number of halogens is 2. The van der Waals surface area contributed by atoms with E-state index in [0.717, 1.165) is 5.56 Å². The maximum Gasteiger partial charge on any atom is 0.337 e. The van der Waals surface area contributed by atoms with Gasteiger partial charge in [0.2, 0.25) is 0 Å².